The summed E-state index contributed by atoms with van der Waals surface area (Å²) in [6.45, 7) is 7.88. The predicted molar refractivity (Wildman–Crippen MR) is 115 cm³/mol. The van der Waals surface area contributed by atoms with Crippen LogP contribution in [-0.4, -0.2) is 27.7 Å². The smallest absolute Gasteiger partial charge is 0.313 e. The first kappa shape index (κ1) is 21.1. The lowest BCUT2D eigenvalue weighted by Gasteiger charge is -2.43. The van der Waals surface area contributed by atoms with Gasteiger partial charge in [-0.15, -0.1) is 6.58 Å². The minimum atomic E-state index is -1.15. The van der Waals surface area contributed by atoms with Crippen LogP contribution in [-0.2, 0) is 9.59 Å². The number of ketones is 1. The van der Waals surface area contributed by atoms with Crippen molar-refractivity contribution in [1.82, 2.24) is 0 Å². The number of hydrogen-bond donors (Lipinski definition) is 1. The number of aliphatic imine (C=N–C) groups is 1. The van der Waals surface area contributed by atoms with Gasteiger partial charge in [-0.2, -0.15) is 5.26 Å². The quantitative estimate of drug-likeness (QED) is 0.711. The zero-order valence-corrected chi connectivity index (χ0v) is 17.5. The fourth-order valence-corrected chi connectivity index (χ4v) is 5.24. The van der Waals surface area contributed by atoms with Crippen molar-refractivity contribution in [3.63, 3.8) is 0 Å². The molecule has 29 heavy (non-hydrogen) atoms. The van der Waals surface area contributed by atoms with Crippen molar-refractivity contribution < 1.29 is 14.7 Å². The fraction of sp³-hybridized carbons (Fsp3) is 0.391. The van der Waals surface area contributed by atoms with Crippen LogP contribution in [0.3, 0.4) is 0 Å². The molecule has 0 amide bonds. The van der Waals surface area contributed by atoms with E-state index in [1.54, 1.807) is 6.08 Å². The second-order valence-corrected chi connectivity index (χ2v) is 9.28. The molecule has 1 aromatic rings. The van der Waals surface area contributed by atoms with Crippen LogP contribution in [0.15, 0.2) is 59.2 Å². The number of thioether (sulfide) groups is 1. The van der Waals surface area contributed by atoms with Crippen molar-refractivity contribution >= 4 is 28.6 Å². The van der Waals surface area contributed by atoms with Crippen LogP contribution in [0.5, 0.6) is 0 Å². The maximum Gasteiger partial charge on any atom is 0.313 e. The normalized spacial score (nSPS) is 25.6. The van der Waals surface area contributed by atoms with E-state index in [0.29, 0.717) is 29.2 Å². The molecule has 6 heteroatoms. The maximum atomic E-state index is 13.2. The van der Waals surface area contributed by atoms with Crippen LogP contribution >= 0.6 is 11.8 Å². The van der Waals surface area contributed by atoms with Gasteiger partial charge in [-0.05, 0) is 23.8 Å². The zero-order valence-electron chi connectivity index (χ0n) is 16.6. The number of nitriles is 1. The molecule has 0 bridgehead atoms. The Morgan fingerprint density at radius 3 is 2.66 bits per heavy atom. The third-order valence-electron chi connectivity index (χ3n) is 5.43. The molecular formula is C23H24N2O3S. The molecule has 0 fully saturated rings. The van der Waals surface area contributed by atoms with Crippen LogP contribution in [0.2, 0.25) is 0 Å². The van der Waals surface area contributed by atoms with E-state index in [4.69, 9.17) is 4.99 Å². The number of Topliss-reactive ketones (excluding diaryl/α,β-unsaturated/α-hetero) is 1. The van der Waals surface area contributed by atoms with Gasteiger partial charge in [-0.3, -0.25) is 9.59 Å². The van der Waals surface area contributed by atoms with Crippen molar-refractivity contribution in [2.24, 2.45) is 15.8 Å². The first-order chi connectivity index (χ1) is 13.7. The number of hydrogen-bond acceptors (Lipinski definition) is 5. The van der Waals surface area contributed by atoms with Crippen LogP contribution in [0.1, 0.15) is 44.6 Å². The van der Waals surface area contributed by atoms with E-state index >= 15 is 0 Å². The second kappa shape index (κ2) is 8.00. The Morgan fingerprint density at radius 2 is 2.07 bits per heavy atom. The highest BCUT2D eigenvalue weighted by atomic mass is 32.2. The molecule has 5 nitrogen and oxygen atoms in total. The molecule has 0 aromatic heterocycles. The highest BCUT2D eigenvalue weighted by Crippen LogP contribution is 2.55. The number of aliphatic carboxylic acids is 1. The second-order valence-electron chi connectivity index (χ2n) is 8.32. The molecule has 1 aromatic carbocycles. The summed E-state index contributed by atoms with van der Waals surface area (Å²) in [6.07, 6.45) is 2.95. The maximum absolute atomic E-state index is 13.2. The van der Waals surface area contributed by atoms with Gasteiger partial charge in [0.15, 0.2) is 5.78 Å². The monoisotopic (exact) mass is 408 g/mol. The van der Waals surface area contributed by atoms with Gasteiger partial charge in [0, 0.05) is 23.6 Å². The molecule has 2 atom stereocenters. The van der Waals surface area contributed by atoms with Gasteiger partial charge >= 0.3 is 5.97 Å². The van der Waals surface area contributed by atoms with Crippen molar-refractivity contribution in [3.8, 4) is 6.07 Å². The summed E-state index contributed by atoms with van der Waals surface area (Å²) in [6, 6.07) is 11.9. The number of rotatable bonds is 5. The Morgan fingerprint density at radius 1 is 1.38 bits per heavy atom. The molecule has 1 N–H and O–H groups in total. The SMILES string of the molecule is C=CC[C@@]1(C#N)C(SCC(=O)O)=NC2=C(C(=O)CC(C)(C)C2)[C@@H]1c1ccccc1. The van der Waals surface area contributed by atoms with Gasteiger partial charge in [0.1, 0.15) is 5.41 Å². The molecule has 0 saturated carbocycles. The summed E-state index contributed by atoms with van der Waals surface area (Å²) in [5.74, 6) is -1.65. The van der Waals surface area contributed by atoms with Gasteiger partial charge in [0.05, 0.1) is 16.9 Å². The number of carboxylic acid groups (broad SMARTS) is 1. The Labute approximate surface area is 175 Å². The first-order valence-electron chi connectivity index (χ1n) is 9.51. The van der Waals surface area contributed by atoms with Crippen molar-refractivity contribution in [2.75, 3.05) is 5.75 Å². The molecule has 150 valence electrons. The van der Waals surface area contributed by atoms with E-state index < -0.39 is 17.3 Å². The van der Waals surface area contributed by atoms with E-state index in [-0.39, 0.29) is 23.4 Å². The van der Waals surface area contributed by atoms with Crippen LogP contribution < -0.4 is 0 Å². The van der Waals surface area contributed by atoms with E-state index in [1.807, 2.05) is 44.2 Å². The van der Waals surface area contributed by atoms with E-state index in [2.05, 4.69) is 12.6 Å². The van der Waals surface area contributed by atoms with Gasteiger partial charge in [0.25, 0.3) is 0 Å². The summed E-state index contributed by atoms with van der Waals surface area (Å²) in [5.41, 5.74) is 0.759. The summed E-state index contributed by atoms with van der Waals surface area (Å²) < 4.78 is 0. The van der Waals surface area contributed by atoms with E-state index in [0.717, 1.165) is 17.3 Å². The standard InChI is InChI=1S/C23H24N2O3S/c1-4-10-23(14-24)20(15-8-6-5-7-9-15)19-16(11-22(2,3)12-17(19)26)25-21(23)29-13-18(27)28/h4-9,20H,1,10-13H2,2-3H3,(H,27,28)/t20-,23-/m0/s1. The van der Waals surface area contributed by atoms with Gasteiger partial charge < -0.3 is 5.11 Å². The van der Waals surface area contributed by atoms with Crippen LogP contribution in [0.4, 0.5) is 0 Å². The Bertz CT molecular complexity index is 956. The first-order valence-corrected chi connectivity index (χ1v) is 10.5. The van der Waals surface area contributed by atoms with E-state index in [9.17, 15) is 20.0 Å². The minimum absolute atomic E-state index is 0.0137. The Kier molecular flexibility index (Phi) is 5.81. The molecule has 0 unspecified atom stereocenters. The molecule has 2 aliphatic rings. The highest BCUT2D eigenvalue weighted by molar-refractivity contribution is 8.14. The molecule has 1 heterocycles. The summed E-state index contributed by atoms with van der Waals surface area (Å²) >= 11 is 1.07. The van der Waals surface area contributed by atoms with Gasteiger partial charge in [-0.25, -0.2) is 4.99 Å². The average molecular weight is 409 g/mol. The Hall–Kier alpha value is -2.65. The number of carboxylic acids is 1. The highest BCUT2D eigenvalue weighted by Gasteiger charge is 2.52. The molecule has 0 radical (unpaired) electrons. The molecule has 0 spiro atoms. The third kappa shape index (κ3) is 3.92. The van der Waals surface area contributed by atoms with Crippen molar-refractivity contribution in [2.45, 2.75) is 39.0 Å². The summed E-state index contributed by atoms with van der Waals surface area (Å²) in [7, 11) is 0. The molecule has 0 saturated heterocycles. The Balaban J connectivity index is 2.28. The zero-order chi connectivity index (χ0) is 21.2. The summed E-state index contributed by atoms with van der Waals surface area (Å²) in [5, 5.41) is 20.0. The van der Waals surface area contributed by atoms with E-state index in [1.165, 1.54) is 0 Å². The predicted octanol–water partition coefficient (Wildman–Crippen LogP) is 4.73. The largest absolute Gasteiger partial charge is 0.481 e. The number of nitrogens with zero attached hydrogens (tertiary/aromatic N) is 2. The van der Waals surface area contributed by atoms with Crippen LogP contribution in [0, 0.1) is 22.2 Å². The lowest BCUT2D eigenvalue weighted by molar-refractivity contribution is -0.133. The lowest BCUT2D eigenvalue weighted by atomic mass is 9.61. The molecule has 1 aliphatic carbocycles. The number of benzene rings is 1. The fourth-order valence-electron chi connectivity index (χ4n) is 4.30. The van der Waals surface area contributed by atoms with Crippen LogP contribution in [0.25, 0.3) is 0 Å². The average Bonchev–Trinajstić information content (AvgIpc) is 2.66. The minimum Gasteiger partial charge on any atom is -0.481 e. The summed E-state index contributed by atoms with van der Waals surface area (Å²) in [4.78, 5) is 29.2. The number of carbonyl (C=O) groups is 2. The molecule has 3 rings (SSSR count). The number of allylic oxidation sites excluding steroid dienone is 3. The molecular weight excluding hydrogens is 384 g/mol. The van der Waals surface area contributed by atoms with Gasteiger partial charge in [0.2, 0.25) is 0 Å². The van der Waals surface area contributed by atoms with Crippen molar-refractivity contribution in [1.29, 1.82) is 5.26 Å². The molecule has 1 aliphatic heterocycles. The van der Waals surface area contributed by atoms with Crippen molar-refractivity contribution in [3.05, 3.63) is 59.8 Å². The third-order valence-corrected chi connectivity index (χ3v) is 6.55. The number of carbonyl (C=O) groups excluding carboxylic acids is 1. The lowest BCUT2D eigenvalue weighted by Crippen LogP contribution is -2.43. The topological polar surface area (TPSA) is 90.5 Å². The van der Waals surface area contributed by atoms with Gasteiger partial charge in [-0.1, -0.05) is 62.0 Å².